The molecule has 0 aliphatic carbocycles. The fourth-order valence-electron chi connectivity index (χ4n) is 3.54. The van der Waals surface area contributed by atoms with Gasteiger partial charge in [-0.05, 0) is 18.6 Å². The number of likely N-dealkylation sites (N-methyl/N-ethyl adjacent to an activating group) is 1. The Hall–Kier alpha value is -2.08. The summed E-state index contributed by atoms with van der Waals surface area (Å²) in [6, 6.07) is 7.44. The molecule has 2 aliphatic rings. The predicted octanol–water partition coefficient (Wildman–Crippen LogP) is 1.74. The third-order valence-electron chi connectivity index (χ3n) is 5.02. The minimum Gasteiger partial charge on any atom is -0.490 e. The summed E-state index contributed by atoms with van der Waals surface area (Å²) in [5.41, 5.74) is 0.823. The summed E-state index contributed by atoms with van der Waals surface area (Å²) in [6.45, 7) is 4.88. The molecule has 0 aromatic heterocycles. The molecule has 3 rings (SSSR count). The number of piperazine rings is 1. The molecule has 1 unspecified atom stereocenters. The molecule has 6 heteroatoms. The van der Waals surface area contributed by atoms with E-state index < -0.39 is 0 Å². The molecule has 1 atom stereocenters. The first-order valence-electron chi connectivity index (χ1n) is 9.13. The fourth-order valence-corrected chi connectivity index (χ4v) is 3.54. The van der Waals surface area contributed by atoms with Crippen molar-refractivity contribution in [1.29, 1.82) is 0 Å². The van der Waals surface area contributed by atoms with Crippen LogP contribution in [0.4, 0.5) is 5.69 Å². The second-order valence-corrected chi connectivity index (χ2v) is 6.75. The highest BCUT2D eigenvalue weighted by Gasteiger charge is 2.35. The van der Waals surface area contributed by atoms with Crippen LogP contribution < -0.4 is 9.64 Å². The van der Waals surface area contributed by atoms with E-state index in [2.05, 4.69) is 11.8 Å². The van der Waals surface area contributed by atoms with Gasteiger partial charge in [-0.25, -0.2) is 0 Å². The highest BCUT2D eigenvalue weighted by Crippen LogP contribution is 2.31. The lowest BCUT2D eigenvalue weighted by atomic mass is 10.0. The van der Waals surface area contributed by atoms with Crippen molar-refractivity contribution >= 4 is 17.5 Å². The zero-order valence-electron chi connectivity index (χ0n) is 15.1. The average Bonchev–Trinajstić information content (AvgIpc) is 2.64. The number of para-hydroxylation sites is 2. The molecule has 1 saturated heterocycles. The van der Waals surface area contributed by atoms with E-state index >= 15 is 0 Å². The van der Waals surface area contributed by atoms with Crippen LogP contribution in [0.25, 0.3) is 0 Å². The molecule has 0 radical (unpaired) electrons. The third kappa shape index (κ3) is 3.79. The number of carbonyl (C=O) groups excluding carboxylic acids is 2. The topological polar surface area (TPSA) is 53.1 Å². The smallest absolute Gasteiger partial charge is 0.241 e. The first-order chi connectivity index (χ1) is 12.1. The van der Waals surface area contributed by atoms with Crippen LogP contribution in [0.1, 0.15) is 26.2 Å². The molecule has 0 spiro atoms. The van der Waals surface area contributed by atoms with Gasteiger partial charge in [-0.15, -0.1) is 0 Å². The van der Waals surface area contributed by atoms with Crippen molar-refractivity contribution in [2.75, 3.05) is 44.7 Å². The maximum Gasteiger partial charge on any atom is 0.241 e. The van der Waals surface area contributed by atoms with Gasteiger partial charge in [0.1, 0.15) is 12.4 Å². The molecular formula is C19H27N3O3. The summed E-state index contributed by atoms with van der Waals surface area (Å²) in [6.07, 6.45) is 2.86. The van der Waals surface area contributed by atoms with Crippen molar-refractivity contribution in [2.24, 2.45) is 0 Å². The van der Waals surface area contributed by atoms with E-state index in [1.165, 1.54) is 0 Å². The molecule has 2 heterocycles. The number of hydrogen-bond acceptors (Lipinski definition) is 4. The summed E-state index contributed by atoms with van der Waals surface area (Å²) < 4.78 is 5.63. The Morgan fingerprint density at radius 1 is 1.24 bits per heavy atom. The zero-order valence-corrected chi connectivity index (χ0v) is 15.1. The van der Waals surface area contributed by atoms with Crippen molar-refractivity contribution < 1.29 is 14.3 Å². The number of ether oxygens (including phenoxy) is 1. The van der Waals surface area contributed by atoms with Gasteiger partial charge in [0.25, 0.3) is 0 Å². The average molecular weight is 345 g/mol. The van der Waals surface area contributed by atoms with Crippen LogP contribution in [0.5, 0.6) is 5.75 Å². The van der Waals surface area contributed by atoms with Crippen molar-refractivity contribution in [3.05, 3.63) is 24.3 Å². The second-order valence-electron chi connectivity index (χ2n) is 6.75. The van der Waals surface area contributed by atoms with Crippen LogP contribution >= 0.6 is 0 Å². The summed E-state index contributed by atoms with van der Waals surface area (Å²) in [7, 11) is 1.85. The summed E-state index contributed by atoms with van der Waals surface area (Å²) >= 11 is 0. The molecule has 136 valence electrons. The highest BCUT2D eigenvalue weighted by molar-refractivity contribution is 5.97. The summed E-state index contributed by atoms with van der Waals surface area (Å²) in [4.78, 5) is 31.1. The maximum absolute atomic E-state index is 12.9. The fraction of sp³-hybridized carbons (Fsp3) is 0.579. The van der Waals surface area contributed by atoms with Gasteiger partial charge in [-0.3, -0.25) is 14.5 Å². The van der Waals surface area contributed by atoms with Gasteiger partial charge in [-0.1, -0.05) is 31.9 Å². The van der Waals surface area contributed by atoms with Gasteiger partial charge in [0.15, 0.2) is 0 Å². The number of rotatable bonds is 5. The monoisotopic (exact) mass is 345 g/mol. The van der Waals surface area contributed by atoms with E-state index in [0.29, 0.717) is 19.7 Å². The van der Waals surface area contributed by atoms with Gasteiger partial charge >= 0.3 is 0 Å². The third-order valence-corrected chi connectivity index (χ3v) is 5.02. The normalized spacial score (nSPS) is 21.0. The van der Waals surface area contributed by atoms with Gasteiger partial charge in [0.2, 0.25) is 11.8 Å². The second kappa shape index (κ2) is 7.87. The molecular weight excluding hydrogens is 318 g/mol. The van der Waals surface area contributed by atoms with E-state index in [1.807, 2.05) is 31.3 Å². The van der Waals surface area contributed by atoms with Gasteiger partial charge in [0.05, 0.1) is 24.8 Å². The quantitative estimate of drug-likeness (QED) is 0.816. The summed E-state index contributed by atoms with van der Waals surface area (Å²) in [5.74, 6) is 0.920. The van der Waals surface area contributed by atoms with Crippen LogP contribution in [0.2, 0.25) is 0 Å². The summed E-state index contributed by atoms with van der Waals surface area (Å²) in [5, 5.41) is 0. The van der Waals surface area contributed by atoms with Gasteiger partial charge in [0, 0.05) is 20.1 Å². The number of benzene rings is 1. The largest absolute Gasteiger partial charge is 0.490 e. The Labute approximate surface area is 149 Å². The molecule has 25 heavy (non-hydrogen) atoms. The minimum atomic E-state index is -0.182. The molecule has 2 amide bonds. The SMILES string of the molecule is CCCCC1C(=O)N(C)CCN1CC(=O)N1CCOc2ccccc21. The molecule has 0 saturated carbocycles. The van der Waals surface area contributed by atoms with Crippen LogP contribution in [-0.4, -0.2) is 67.5 Å². The Kier molecular flexibility index (Phi) is 5.58. The number of amides is 2. The van der Waals surface area contributed by atoms with E-state index in [9.17, 15) is 9.59 Å². The van der Waals surface area contributed by atoms with Crippen LogP contribution in [0.15, 0.2) is 24.3 Å². The lowest BCUT2D eigenvalue weighted by Gasteiger charge is -2.40. The van der Waals surface area contributed by atoms with Crippen molar-refractivity contribution in [1.82, 2.24) is 9.80 Å². The highest BCUT2D eigenvalue weighted by atomic mass is 16.5. The molecule has 1 fully saturated rings. The Morgan fingerprint density at radius 2 is 2.04 bits per heavy atom. The minimum absolute atomic E-state index is 0.0367. The number of hydrogen-bond donors (Lipinski definition) is 0. The zero-order chi connectivity index (χ0) is 17.8. The van der Waals surface area contributed by atoms with E-state index in [0.717, 1.165) is 37.2 Å². The maximum atomic E-state index is 12.9. The van der Waals surface area contributed by atoms with Crippen LogP contribution in [0.3, 0.4) is 0 Å². The molecule has 2 aliphatic heterocycles. The molecule has 0 bridgehead atoms. The molecule has 6 nitrogen and oxygen atoms in total. The van der Waals surface area contributed by atoms with Gasteiger partial charge < -0.3 is 14.5 Å². The molecule has 1 aromatic rings. The first-order valence-corrected chi connectivity index (χ1v) is 9.13. The van der Waals surface area contributed by atoms with E-state index in [-0.39, 0.29) is 24.4 Å². The van der Waals surface area contributed by atoms with Gasteiger partial charge in [-0.2, -0.15) is 0 Å². The number of fused-ring (bicyclic) bond motifs is 1. The number of carbonyl (C=O) groups is 2. The Bertz CT molecular complexity index is 634. The van der Waals surface area contributed by atoms with E-state index in [1.54, 1.807) is 9.80 Å². The Balaban J connectivity index is 1.72. The lowest BCUT2D eigenvalue weighted by molar-refractivity contribution is -0.141. The van der Waals surface area contributed by atoms with Crippen molar-refractivity contribution in [3.8, 4) is 5.75 Å². The molecule has 1 aromatic carbocycles. The van der Waals surface area contributed by atoms with Crippen molar-refractivity contribution in [2.45, 2.75) is 32.2 Å². The standard InChI is InChI=1S/C19H27N3O3/c1-3-4-7-16-19(24)20(2)10-11-21(16)14-18(23)22-12-13-25-17-9-6-5-8-15(17)22/h5-6,8-9,16H,3-4,7,10-14H2,1-2H3. The van der Waals surface area contributed by atoms with Crippen molar-refractivity contribution in [3.63, 3.8) is 0 Å². The Morgan fingerprint density at radius 3 is 2.84 bits per heavy atom. The van der Waals surface area contributed by atoms with E-state index in [4.69, 9.17) is 4.74 Å². The van der Waals surface area contributed by atoms with Crippen LogP contribution in [0, 0.1) is 0 Å². The van der Waals surface area contributed by atoms with Crippen LogP contribution in [-0.2, 0) is 9.59 Å². The number of anilines is 1. The number of unbranched alkanes of at least 4 members (excludes halogenated alkanes) is 1. The predicted molar refractivity (Wildman–Crippen MR) is 96.8 cm³/mol. The lowest BCUT2D eigenvalue weighted by Crippen LogP contribution is -2.58. The molecule has 0 N–H and O–H groups in total. The number of nitrogens with zero attached hydrogens (tertiary/aromatic N) is 3. The first kappa shape index (κ1) is 17.7.